The summed E-state index contributed by atoms with van der Waals surface area (Å²) in [6, 6.07) is 12.7. The summed E-state index contributed by atoms with van der Waals surface area (Å²) >= 11 is 13.3. The fraction of sp³-hybridized carbons (Fsp3) is 0.150. The molecule has 4 aromatic rings. The van der Waals surface area contributed by atoms with Crippen LogP contribution in [0.2, 0.25) is 10.0 Å². The smallest absolute Gasteiger partial charge is 0.291 e. The molecule has 0 N–H and O–H groups in total. The third-order valence-electron chi connectivity index (χ3n) is 3.91. The number of ether oxygens (including phenoxy) is 1. The lowest BCUT2D eigenvalue weighted by atomic mass is 10.2. The van der Waals surface area contributed by atoms with Gasteiger partial charge in [-0.25, -0.2) is 0 Å². The Morgan fingerprint density at radius 3 is 2.50 bits per heavy atom. The van der Waals surface area contributed by atoms with Crippen LogP contribution in [0.4, 0.5) is 0 Å². The van der Waals surface area contributed by atoms with Crippen molar-refractivity contribution in [3.8, 4) is 17.1 Å². The normalized spacial score (nSPS) is 12.2. The van der Waals surface area contributed by atoms with Gasteiger partial charge in [0, 0.05) is 5.56 Å². The summed E-state index contributed by atoms with van der Waals surface area (Å²) in [6.07, 6.45) is 1.86. The van der Waals surface area contributed by atoms with Crippen molar-refractivity contribution in [2.24, 2.45) is 0 Å². The van der Waals surface area contributed by atoms with E-state index in [1.165, 1.54) is 15.9 Å². The third kappa shape index (κ3) is 3.76. The van der Waals surface area contributed by atoms with Crippen molar-refractivity contribution in [2.75, 3.05) is 0 Å². The summed E-state index contributed by atoms with van der Waals surface area (Å²) in [5.74, 6) is 1.28. The number of fused-ring (bicyclic) bond motifs is 1. The SMILES string of the molecule is CC(C)Oc1ccc(-c2nc3s/c(=C/c4ccc(Cl)c(Cl)c4)c(=O)n3n2)cc1. The Labute approximate surface area is 174 Å². The summed E-state index contributed by atoms with van der Waals surface area (Å²) in [5, 5.41) is 5.27. The van der Waals surface area contributed by atoms with Crippen molar-refractivity contribution < 1.29 is 4.74 Å². The molecule has 2 aromatic heterocycles. The maximum absolute atomic E-state index is 12.7. The molecule has 0 fully saturated rings. The average Bonchev–Trinajstić information content (AvgIpc) is 3.18. The minimum Gasteiger partial charge on any atom is -0.491 e. The van der Waals surface area contributed by atoms with Crippen LogP contribution in [0.3, 0.4) is 0 Å². The topological polar surface area (TPSA) is 56.5 Å². The van der Waals surface area contributed by atoms with Gasteiger partial charge in [-0.2, -0.15) is 9.50 Å². The molecule has 0 saturated heterocycles. The highest BCUT2D eigenvalue weighted by Crippen LogP contribution is 2.23. The van der Waals surface area contributed by atoms with Crippen LogP contribution < -0.4 is 14.8 Å². The molecule has 2 aromatic carbocycles. The lowest BCUT2D eigenvalue weighted by molar-refractivity contribution is 0.242. The highest BCUT2D eigenvalue weighted by molar-refractivity contribution is 7.15. The Morgan fingerprint density at radius 2 is 1.86 bits per heavy atom. The van der Waals surface area contributed by atoms with Gasteiger partial charge in [-0.15, -0.1) is 5.10 Å². The van der Waals surface area contributed by atoms with Gasteiger partial charge >= 0.3 is 0 Å². The Morgan fingerprint density at radius 1 is 1.11 bits per heavy atom. The van der Waals surface area contributed by atoms with Crippen LogP contribution in [0, 0.1) is 0 Å². The van der Waals surface area contributed by atoms with E-state index in [1.54, 1.807) is 24.3 Å². The van der Waals surface area contributed by atoms with Crippen LogP contribution in [-0.4, -0.2) is 20.7 Å². The van der Waals surface area contributed by atoms with E-state index in [9.17, 15) is 4.79 Å². The number of aromatic nitrogens is 3. The van der Waals surface area contributed by atoms with Crippen LogP contribution in [0.5, 0.6) is 5.75 Å². The highest BCUT2D eigenvalue weighted by atomic mass is 35.5. The Bertz CT molecular complexity index is 1260. The number of hydrogen-bond acceptors (Lipinski definition) is 5. The maximum Gasteiger partial charge on any atom is 0.291 e. The van der Waals surface area contributed by atoms with Crippen LogP contribution in [-0.2, 0) is 0 Å². The quantitative estimate of drug-likeness (QED) is 0.478. The summed E-state index contributed by atoms with van der Waals surface area (Å²) in [6.45, 7) is 3.95. The number of hydrogen-bond donors (Lipinski definition) is 0. The second-order valence-electron chi connectivity index (χ2n) is 6.41. The minimum absolute atomic E-state index is 0.107. The van der Waals surface area contributed by atoms with Gasteiger partial charge in [-0.05, 0) is 61.9 Å². The largest absolute Gasteiger partial charge is 0.491 e. The van der Waals surface area contributed by atoms with E-state index < -0.39 is 0 Å². The number of nitrogens with zero attached hydrogens (tertiary/aromatic N) is 3. The predicted molar refractivity (Wildman–Crippen MR) is 114 cm³/mol. The van der Waals surface area contributed by atoms with E-state index in [4.69, 9.17) is 27.9 Å². The highest BCUT2D eigenvalue weighted by Gasteiger charge is 2.12. The molecular weight excluding hydrogens is 417 g/mol. The summed E-state index contributed by atoms with van der Waals surface area (Å²) in [7, 11) is 0. The molecule has 0 aliphatic heterocycles. The molecule has 5 nitrogen and oxygen atoms in total. The molecule has 0 spiro atoms. The van der Waals surface area contributed by atoms with Crippen molar-refractivity contribution in [1.82, 2.24) is 14.6 Å². The lowest BCUT2D eigenvalue weighted by Gasteiger charge is -2.09. The molecule has 0 bridgehead atoms. The summed E-state index contributed by atoms with van der Waals surface area (Å²) in [4.78, 5) is 17.7. The first-order valence-corrected chi connectivity index (χ1v) is 10.1. The molecule has 0 aliphatic carbocycles. The fourth-order valence-corrected chi connectivity index (χ4v) is 3.88. The van der Waals surface area contributed by atoms with Gasteiger partial charge in [-0.1, -0.05) is 40.6 Å². The molecule has 28 heavy (non-hydrogen) atoms. The predicted octanol–water partition coefficient (Wildman–Crippen LogP) is 4.46. The van der Waals surface area contributed by atoms with Crippen LogP contribution in [0.25, 0.3) is 22.4 Å². The average molecular weight is 432 g/mol. The summed E-state index contributed by atoms with van der Waals surface area (Å²) < 4.78 is 7.49. The number of halogens is 2. The molecule has 0 atom stereocenters. The first kappa shape index (κ1) is 18.9. The molecule has 0 amide bonds. The number of benzene rings is 2. The molecule has 8 heteroatoms. The van der Waals surface area contributed by atoms with Crippen molar-refractivity contribution in [2.45, 2.75) is 20.0 Å². The van der Waals surface area contributed by atoms with Gasteiger partial charge in [0.15, 0.2) is 5.82 Å². The van der Waals surface area contributed by atoms with Gasteiger partial charge < -0.3 is 4.74 Å². The van der Waals surface area contributed by atoms with E-state index in [-0.39, 0.29) is 11.7 Å². The van der Waals surface area contributed by atoms with Gasteiger partial charge in [0.1, 0.15) is 5.75 Å². The van der Waals surface area contributed by atoms with E-state index >= 15 is 0 Å². The fourth-order valence-electron chi connectivity index (χ4n) is 2.66. The Kier molecular flexibility index (Phi) is 5.10. The van der Waals surface area contributed by atoms with Crippen molar-refractivity contribution in [3.05, 3.63) is 73.0 Å². The lowest BCUT2D eigenvalue weighted by Crippen LogP contribution is -2.23. The van der Waals surface area contributed by atoms with Gasteiger partial charge in [0.05, 0.1) is 20.7 Å². The summed E-state index contributed by atoms with van der Waals surface area (Å²) in [5.41, 5.74) is 1.39. The van der Waals surface area contributed by atoms with Gasteiger partial charge in [-0.3, -0.25) is 4.79 Å². The van der Waals surface area contributed by atoms with Crippen molar-refractivity contribution in [3.63, 3.8) is 0 Å². The molecule has 142 valence electrons. The Hall–Kier alpha value is -2.41. The Balaban J connectivity index is 1.69. The molecule has 2 heterocycles. The van der Waals surface area contributed by atoms with Crippen molar-refractivity contribution in [1.29, 1.82) is 0 Å². The second kappa shape index (κ2) is 7.54. The van der Waals surface area contributed by atoms with Gasteiger partial charge in [0.2, 0.25) is 4.96 Å². The standard InChI is InChI=1S/C20H15Cl2N3O2S/c1-11(2)27-14-6-4-13(5-7-14)18-23-20-25(24-18)19(26)17(28-20)10-12-3-8-15(21)16(22)9-12/h3-11H,1-2H3/b17-10+. The third-order valence-corrected chi connectivity index (χ3v) is 5.61. The first-order chi connectivity index (χ1) is 13.4. The van der Waals surface area contributed by atoms with Crippen molar-refractivity contribution >= 4 is 45.6 Å². The van der Waals surface area contributed by atoms with Crippen LogP contribution in [0.1, 0.15) is 19.4 Å². The zero-order valence-electron chi connectivity index (χ0n) is 15.0. The van der Waals surface area contributed by atoms with E-state index in [0.717, 1.165) is 16.9 Å². The monoisotopic (exact) mass is 431 g/mol. The van der Waals surface area contributed by atoms with E-state index in [2.05, 4.69) is 10.1 Å². The van der Waals surface area contributed by atoms with E-state index in [1.807, 2.05) is 38.1 Å². The molecule has 0 aliphatic rings. The minimum atomic E-state index is -0.218. The maximum atomic E-state index is 12.7. The molecule has 0 saturated carbocycles. The van der Waals surface area contributed by atoms with Crippen LogP contribution >= 0.6 is 34.5 Å². The molecule has 0 radical (unpaired) electrons. The molecule has 4 rings (SSSR count). The zero-order valence-corrected chi connectivity index (χ0v) is 17.3. The number of thiazole rings is 1. The molecule has 0 unspecified atom stereocenters. The first-order valence-electron chi connectivity index (χ1n) is 8.54. The second-order valence-corrected chi connectivity index (χ2v) is 8.23. The zero-order chi connectivity index (χ0) is 19.8. The molecular formula is C20H15Cl2N3O2S. The van der Waals surface area contributed by atoms with E-state index in [0.29, 0.717) is 25.4 Å². The van der Waals surface area contributed by atoms with Gasteiger partial charge in [0.25, 0.3) is 5.56 Å². The van der Waals surface area contributed by atoms with Crippen LogP contribution in [0.15, 0.2) is 47.3 Å². The number of rotatable bonds is 4.